The van der Waals surface area contributed by atoms with E-state index in [0.29, 0.717) is 10.8 Å². The summed E-state index contributed by atoms with van der Waals surface area (Å²) < 4.78 is 1.52. The fourth-order valence-electron chi connectivity index (χ4n) is 2.25. The molecule has 0 saturated heterocycles. The van der Waals surface area contributed by atoms with Gasteiger partial charge in [-0.2, -0.15) is 5.10 Å². The Kier molecular flexibility index (Phi) is 2.98. The zero-order valence-corrected chi connectivity index (χ0v) is 11.5. The lowest BCUT2D eigenvalue weighted by atomic mass is 10.0. The molecule has 0 saturated carbocycles. The Morgan fingerprint density at radius 2 is 2.26 bits per heavy atom. The lowest BCUT2D eigenvalue weighted by Gasteiger charge is -2.06. The van der Waals surface area contributed by atoms with E-state index in [1.54, 1.807) is 24.6 Å². The summed E-state index contributed by atoms with van der Waals surface area (Å²) in [6, 6.07) is 0. The van der Waals surface area contributed by atoms with Gasteiger partial charge in [-0.3, -0.25) is 14.8 Å². The predicted molar refractivity (Wildman–Crippen MR) is 74.3 cm³/mol. The van der Waals surface area contributed by atoms with Gasteiger partial charge in [0.15, 0.2) is 10.8 Å². The lowest BCUT2D eigenvalue weighted by molar-refractivity contribution is 0.102. The van der Waals surface area contributed by atoms with Crippen LogP contribution in [0.4, 0.5) is 10.8 Å². The maximum atomic E-state index is 12.1. The first-order valence-electron chi connectivity index (χ1n) is 6.22. The van der Waals surface area contributed by atoms with Crippen LogP contribution in [0.1, 0.15) is 33.9 Å². The second-order valence-corrected chi connectivity index (χ2v) is 5.74. The van der Waals surface area contributed by atoms with E-state index in [-0.39, 0.29) is 11.6 Å². The predicted octanol–water partition coefficient (Wildman–Crippen LogP) is 1.59. The van der Waals surface area contributed by atoms with Gasteiger partial charge >= 0.3 is 0 Å². The van der Waals surface area contributed by atoms with E-state index in [0.717, 1.165) is 18.5 Å². The van der Waals surface area contributed by atoms with Gasteiger partial charge in [-0.15, -0.1) is 11.3 Å². The molecule has 0 bridgehead atoms. The highest BCUT2D eigenvalue weighted by Gasteiger charge is 2.19. The molecule has 19 heavy (non-hydrogen) atoms. The topological polar surface area (TPSA) is 85.8 Å². The SMILES string of the molecule is Cn1cc(N)c(C(=O)Nc2nc3c(s2)CCCC3)n1. The van der Waals surface area contributed by atoms with Gasteiger partial charge in [0, 0.05) is 18.1 Å². The number of aryl methyl sites for hydroxylation is 3. The van der Waals surface area contributed by atoms with Crippen molar-refractivity contribution in [2.45, 2.75) is 25.7 Å². The standard InChI is InChI=1S/C12H15N5OS/c1-17-6-7(13)10(16-17)11(18)15-12-14-8-4-2-3-5-9(8)19-12/h6H,2-5,13H2,1H3,(H,14,15,18). The molecule has 0 aromatic carbocycles. The summed E-state index contributed by atoms with van der Waals surface area (Å²) in [7, 11) is 1.73. The first-order valence-corrected chi connectivity index (χ1v) is 7.04. The fraction of sp³-hybridized carbons (Fsp3) is 0.417. The summed E-state index contributed by atoms with van der Waals surface area (Å²) in [5.74, 6) is -0.302. The average molecular weight is 277 g/mol. The molecule has 7 heteroatoms. The lowest BCUT2D eigenvalue weighted by Crippen LogP contribution is -2.14. The third-order valence-corrected chi connectivity index (χ3v) is 4.21. The van der Waals surface area contributed by atoms with Crippen LogP contribution < -0.4 is 11.1 Å². The van der Waals surface area contributed by atoms with Gasteiger partial charge in [0.05, 0.1) is 11.4 Å². The van der Waals surface area contributed by atoms with Crippen molar-refractivity contribution in [3.8, 4) is 0 Å². The Hall–Kier alpha value is -1.89. The van der Waals surface area contributed by atoms with Crippen molar-refractivity contribution in [3.63, 3.8) is 0 Å². The second kappa shape index (κ2) is 4.65. The summed E-state index contributed by atoms with van der Waals surface area (Å²) in [5.41, 5.74) is 7.48. The molecule has 2 heterocycles. The van der Waals surface area contributed by atoms with Crippen molar-refractivity contribution in [2.75, 3.05) is 11.1 Å². The maximum absolute atomic E-state index is 12.1. The first-order chi connectivity index (χ1) is 9.13. The first kappa shape index (κ1) is 12.2. The minimum Gasteiger partial charge on any atom is -0.396 e. The van der Waals surface area contributed by atoms with Crippen molar-refractivity contribution >= 4 is 28.1 Å². The molecule has 0 aliphatic heterocycles. The molecular formula is C12H15N5OS. The van der Waals surface area contributed by atoms with Gasteiger partial charge in [-0.1, -0.05) is 0 Å². The number of carbonyl (C=O) groups is 1. The number of nitrogens with one attached hydrogen (secondary N) is 1. The Bertz CT molecular complexity index is 607. The number of fused-ring (bicyclic) bond motifs is 1. The summed E-state index contributed by atoms with van der Waals surface area (Å²) in [5, 5.41) is 7.47. The van der Waals surface area contributed by atoms with Crippen molar-refractivity contribution in [2.24, 2.45) is 7.05 Å². The molecule has 1 amide bonds. The summed E-state index contributed by atoms with van der Waals surface area (Å²) in [6.45, 7) is 0. The molecule has 0 fully saturated rings. The Balaban J connectivity index is 1.79. The fourth-order valence-corrected chi connectivity index (χ4v) is 3.29. The zero-order chi connectivity index (χ0) is 13.4. The Labute approximate surface area is 114 Å². The molecule has 1 aliphatic carbocycles. The maximum Gasteiger partial charge on any atom is 0.280 e. The van der Waals surface area contributed by atoms with E-state index in [9.17, 15) is 4.79 Å². The number of anilines is 2. The largest absolute Gasteiger partial charge is 0.396 e. The average Bonchev–Trinajstić information content (AvgIpc) is 2.91. The number of amides is 1. The Morgan fingerprint density at radius 1 is 1.47 bits per heavy atom. The third-order valence-electron chi connectivity index (χ3n) is 3.14. The Morgan fingerprint density at radius 3 is 2.95 bits per heavy atom. The van der Waals surface area contributed by atoms with E-state index < -0.39 is 0 Å². The van der Waals surface area contributed by atoms with Gasteiger partial charge in [-0.25, -0.2) is 4.98 Å². The number of nitrogens with two attached hydrogens (primary N) is 1. The van der Waals surface area contributed by atoms with Crippen LogP contribution in [0.15, 0.2) is 6.20 Å². The van der Waals surface area contributed by atoms with E-state index in [1.165, 1.54) is 22.4 Å². The molecular weight excluding hydrogens is 262 g/mol. The number of rotatable bonds is 2. The van der Waals surface area contributed by atoms with Crippen LogP contribution in [-0.4, -0.2) is 20.7 Å². The third kappa shape index (κ3) is 2.33. The number of hydrogen-bond donors (Lipinski definition) is 2. The minimum atomic E-state index is -0.302. The van der Waals surface area contributed by atoms with Crippen molar-refractivity contribution in [1.29, 1.82) is 0 Å². The van der Waals surface area contributed by atoms with Crippen LogP contribution in [0.3, 0.4) is 0 Å². The molecule has 3 rings (SSSR count). The van der Waals surface area contributed by atoms with Crippen LogP contribution in [0.2, 0.25) is 0 Å². The zero-order valence-electron chi connectivity index (χ0n) is 10.6. The molecule has 6 nitrogen and oxygen atoms in total. The van der Waals surface area contributed by atoms with Crippen LogP contribution >= 0.6 is 11.3 Å². The number of carbonyl (C=O) groups excluding carboxylic acids is 1. The molecule has 0 radical (unpaired) electrons. The number of nitrogens with zero attached hydrogens (tertiary/aromatic N) is 3. The number of thiazole rings is 1. The van der Waals surface area contributed by atoms with Gasteiger partial charge in [0.1, 0.15) is 0 Å². The molecule has 0 spiro atoms. The summed E-state index contributed by atoms with van der Waals surface area (Å²) in [4.78, 5) is 17.8. The number of nitrogen functional groups attached to an aromatic ring is 1. The van der Waals surface area contributed by atoms with Gasteiger partial charge in [0.25, 0.3) is 5.91 Å². The number of aromatic nitrogens is 3. The molecule has 3 N–H and O–H groups in total. The second-order valence-electron chi connectivity index (χ2n) is 4.66. The van der Waals surface area contributed by atoms with Crippen molar-refractivity contribution < 1.29 is 4.79 Å². The summed E-state index contributed by atoms with van der Waals surface area (Å²) in [6.07, 6.45) is 6.07. The molecule has 0 unspecified atom stereocenters. The van der Waals surface area contributed by atoms with Crippen LogP contribution in [0, 0.1) is 0 Å². The highest BCUT2D eigenvalue weighted by Crippen LogP contribution is 2.29. The van der Waals surface area contributed by atoms with E-state index in [2.05, 4.69) is 15.4 Å². The smallest absolute Gasteiger partial charge is 0.280 e. The van der Waals surface area contributed by atoms with Gasteiger partial charge < -0.3 is 5.73 Å². The van der Waals surface area contributed by atoms with E-state index in [1.807, 2.05) is 0 Å². The van der Waals surface area contributed by atoms with Crippen LogP contribution in [-0.2, 0) is 19.9 Å². The minimum absolute atomic E-state index is 0.246. The molecule has 2 aromatic rings. The van der Waals surface area contributed by atoms with Crippen LogP contribution in [0.25, 0.3) is 0 Å². The van der Waals surface area contributed by atoms with Gasteiger partial charge in [-0.05, 0) is 25.7 Å². The van der Waals surface area contributed by atoms with Crippen LogP contribution in [0.5, 0.6) is 0 Å². The van der Waals surface area contributed by atoms with Gasteiger partial charge in [0.2, 0.25) is 0 Å². The van der Waals surface area contributed by atoms with E-state index in [4.69, 9.17) is 5.73 Å². The molecule has 2 aromatic heterocycles. The highest BCUT2D eigenvalue weighted by molar-refractivity contribution is 7.15. The normalized spacial score (nSPS) is 14.2. The molecule has 0 atom stereocenters. The molecule has 100 valence electrons. The summed E-state index contributed by atoms with van der Waals surface area (Å²) >= 11 is 1.55. The molecule has 1 aliphatic rings. The number of hydrogen-bond acceptors (Lipinski definition) is 5. The monoisotopic (exact) mass is 277 g/mol. The van der Waals surface area contributed by atoms with E-state index >= 15 is 0 Å². The highest BCUT2D eigenvalue weighted by atomic mass is 32.1. The van der Waals surface area contributed by atoms with Crippen molar-refractivity contribution in [1.82, 2.24) is 14.8 Å². The quantitative estimate of drug-likeness (QED) is 0.872. The van der Waals surface area contributed by atoms with Crippen molar-refractivity contribution in [3.05, 3.63) is 22.5 Å².